The van der Waals surface area contributed by atoms with E-state index in [9.17, 15) is 18.3 Å². The SMILES string of the molecule is CN([C@H]1CNC[C@@H]1O)S(=O)(=O)CCCC(=O)O. The summed E-state index contributed by atoms with van der Waals surface area (Å²) in [5.41, 5.74) is 0. The third kappa shape index (κ3) is 3.91. The second-order valence-corrected chi connectivity index (χ2v) is 6.27. The van der Waals surface area contributed by atoms with E-state index < -0.39 is 28.1 Å². The van der Waals surface area contributed by atoms with Gasteiger partial charge in [-0.2, -0.15) is 4.31 Å². The number of β-amino-alcohol motifs (C(OH)–C–C–N with tert-alkyl or cyclic N) is 1. The molecule has 17 heavy (non-hydrogen) atoms. The molecule has 3 N–H and O–H groups in total. The molecule has 1 rings (SSSR count). The lowest BCUT2D eigenvalue weighted by molar-refractivity contribution is -0.137. The van der Waals surface area contributed by atoms with Crippen molar-refractivity contribution in [3.63, 3.8) is 0 Å². The van der Waals surface area contributed by atoms with Crippen LogP contribution in [0.2, 0.25) is 0 Å². The van der Waals surface area contributed by atoms with E-state index in [1.54, 1.807) is 0 Å². The van der Waals surface area contributed by atoms with Crippen molar-refractivity contribution in [2.45, 2.75) is 25.0 Å². The number of likely N-dealkylation sites (N-methyl/N-ethyl adjacent to an activating group) is 1. The Hall–Kier alpha value is -0.700. The van der Waals surface area contributed by atoms with Crippen LogP contribution in [0.25, 0.3) is 0 Å². The van der Waals surface area contributed by atoms with Crippen LogP contribution in [-0.4, -0.2) is 66.9 Å². The second kappa shape index (κ2) is 5.76. The van der Waals surface area contributed by atoms with E-state index >= 15 is 0 Å². The molecule has 0 bridgehead atoms. The Morgan fingerprint density at radius 2 is 2.12 bits per heavy atom. The number of hydrogen-bond donors (Lipinski definition) is 3. The van der Waals surface area contributed by atoms with Gasteiger partial charge in [0.2, 0.25) is 10.0 Å². The molecule has 0 radical (unpaired) electrons. The summed E-state index contributed by atoms with van der Waals surface area (Å²) >= 11 is 0. The van der Waals surface area contributed by atoms with Gasteiger partial charge < -0.3 is 15.5 Å². The molecule has 1 saturated heterocycles. The van der Waals surface area contributed by atoms with Gasteiger partial charge in [0.05, 0.1) is 17.9 Å². The highest BCUT2D eigenvalue weighted by molar-refractivity contribution is 7.89. The first-order chi connectivity index (χ1) is 7.84. The number of sulfonamides is 1. The van der Waals surface area contributed by atoms with Crippen molar-refractivity contribution in [2.75, 3.05) is 25.9 Å². The first-order valence-electron chi connectivity index (χ1n) is 5.41. The Morgan fingerprint density at radius 1 is 1.47 bits per heavy atom. The summed E-state index contributed by atoms with van der Waals surface area (Å²) in [7, 11) is -2.09. The van der Waals surface area contributed by atoms with Gasteiger partial charge >= 0.3 is 5.97 Å². The zero-order chi connectivity index (χ0) is 13.1. The molecule has 0 aromatic heterocycles. The molecule has 0 aromatic carbocycles. The zero-order valence-electron chi connectivity index (χ0n) is 9.66. The summed E-state index contributed by atoms with van der Waals surface area (Å²) in [6, 6.07) is -0.468. The Kier molecular flexibility index (Phi) is 4.87. The molecule has 0 spiro atoms. The van der Waals surface area contributed by atoms with Gasteiger partial charge in [0.25, 0.3) is 0 Å². The van der Waals surface area contributed by atoms with Crippen LogP contribution >= 0.6 is 0 Å². The lowest BCUT2D eigenvalue weighted by atomic mass is 10.2. The van der Waals surface area contributed by atoms with Gasteiger partial charge in [-0.3, -0.25) is 4.79 Å². The molecule has 1 fully saturated rings. The lowest BCUT2D eigenvalue weighted by Gasteiger charge is -2.25. The molecule has 1 aliphatic heterocycles. The van der Waals surface area contributed by atoms with Crippen LogP contribution in [0.15, 0.2) is 0 Å². The number of carboxylic acids is 1. The quantitative estimate of drug-likeness (QED) is 0.537. The molecular formula is C9H18N2O5S. The largest absolute Gasteiger partial charge is 0.481 e. The first-order valence-corrected chi connectivity index (χ1v) is 7.02. The van der Waals surface area contributed by atoms with E-state index in [2.05, 4.69) is 5.32 Å². The van der Waals surface area contributed by atoms with Gasteiger partial charge in [-0.25, -0.2) is 8.42 Å². The number of aliphatic hydroxyl groups is 1. The lowest BCUT2D eigenvalue weighted by Crippen LogP contribution is -2.45. The number of aliphatic hydroxyl groups excluding tert-OH is 1. The molecule has 8 heteroatoms. The second-order valence-electron chi connectivity index (χ2n) is 4.12. The van der Waals surface area contributed by atoms with Crippen molar-refractivity contribution in [3.05, 3.63) is 0 Å². The highest BCUT2D eigenvalue weighted by Crippen LogP contribution is 2.13. The van der Waals surface area contributed by atoms with E-state index in [-0.39, 0.29) is 18.6 Å². The number of aliphatic carboxylic acids is 1. The average molecular weight is 266 g/mol. The topological polar surface area (TPSA) is 107 Å². The van der Waals surface area contributed by atoms with E-state index in [1.165, 1.54) is 7.05 Å². The molecule has 2 atom stereocenters. The van der Waals surface area contributed by atoms with Crippen molar-refractivity contribution in [1.82, 2.24) is 9.62 Å². The fourth-order valence-corrected chi connectivity index (χ4v) is 3.20. The molecule has 0 amide bonds. The molecule has 1 heterocycles. The van der Waals surface area contributed by atoms with E-state index in [4.69, 9.17) is 5.11 Å². The predicted molar refractivity (Wildman–Crippen MR) is 61.1 cm³/mol. The fourth-order valence-electron chi connectivity index (χ4n) is 1.78. The molecule has 0 saturated carbocycles. The van der Waals surface area contributed by atoms with Gasteiger partial charge in [0, 0.05) is 26.6 Å². The summed E-state index contributed by atoms with van der Waals surface area (Å²) in [5.74, 6) is -1.22. The predicted octanol–water partition coefficient (Wildman–Crippen LogP) is -1.55. The third-order valence-electron chi connectivity index (χ3n) is 2.85. The third-order valence-corrected chi connectivity index (χ3v) is 4.80. The molecule has 7 nitrogen and oxygen atoms in total. The number of carboxylic acid groups (broad SMARTS) is 1. The Morgan fingerprint density at radius 3 is 2.59 bits per heavy atom. The van der Waals surface area contributed by atoms with Crippen LogP contribution in [0.5, 0.6) is 0 Å². The Labute approximate surface area is 100 Å². The smallest absolute Gasteiger partial charge is 0.303 e. The van der Waals surface area contributed by atoms with Crippen LogP contribution in [0.4, 0.5) is 0 Å². The Balaban J connectivity index is 2.54. The maximum atomic E-state index is 11.8. The fraction of sp³-hybridized carbons (Fsp3) is 0.889. The van der Waals surface area contributed by atoms with E-state index in [0.29, 0.717) is 13.1 Å². The van der Waals surface area contributed by atoms with Gasteiger partial charge in [-0.15, -0.1) is 0 Å². The van der Waals surface area contributed by atoms with Crippen molar-refractivity contribution in [3.8, 4) is 0 Å². The number of carbonyl (C=O) groups is 1. The zero-order valence-corrected chi connectivity index (χ0v) is 10.5. The van der Waals surface area contributed by atoms with E-state index in [1.807, 2.05) is 0 Å². The molecule has 0 aromatic rings. The van der Waals surface area contributed by atoms with Gasteiger partial charge in [0.1, 0.15) is 0 Å². The maximum Gasteiger partial charge on any atom is 0.303 e. The van der Waals surface area contributed by atoms with Gasteiger partial charge in [-0.05, 0) is 6.42 Å². The van der Waals surface area contributed by atoms with Crippen LogP contribution < -0.4 is 5.32 Å². The minimum atomic E-state index is -3.50. The standard InChI is InChI=1S/C9H18N2O5S/c1-11(7-5-10-6-8(7)12)17(15,16)4-2-3-9(13)14/h7-8,10,12H,2-6H2,1H3,(H,13,14)/t7-,8-/m0/s1. The van der Waals surface area contributed by atoms with Crippen LogP contribution in [-0.2, 0) is 14.8 Å². The number of nitrogens with zero attached hydrogens (tertiary/aromatic N) is 1. The van der Waals surface area contributed by atoms with Crippen LogP contribution in [0, 0.1) is 0 Å². The summed E-state index contributed by atoms with van der Waals surface area (Å²) < 4.78 is 24.8. The highest BCUT2D eigenvalue weighted by atomic mass is 32.2. The summed E-state index contributed by atoms with van der Waals surface area (Å²) in [4.78, 5) is 10.3. The maximum absolute atomic E-state index is 11.8. The molecule has 100 valence electrons. The van der Waals surface area contributed by atoms with Crippen molar-refractivity contribution in [2.24, 2.45) is 0 Å². The Bertz CT molecular complexity index is 370. The van der Waals surface area contributed by atoms with Crippen molar-refractivity contribution < 1.29 is 23.4 Å². The van der Waals surface area contributed by atoms with E-state index in [0.717, 1.165) is 4.31 Å². The van der Waals surface area contributed by atoms with Gasteiger partial charge in [-0.1, -0.05) is 0 Å². The van der Waals surface area contributed by atoms with Crippen LogP contribution in [0.1, 0.15) is 12.8 Å². The summed E-state index contributed by atoms with van der Waals surface area (Å²) in [6.07, 6.45) is -0.800. The highest BCUT2D eigenvalue weighted by Gasteiger charge is 2.34. The van der Waals surface area contributed by atoms with Gasteiger partial charge in [0.15, 0.2) is 0 Å². The molecule has 0 aliphatic carbocycles. The summed E-state index contributed by atoms with van der Waals surface area (Å²) in [6.45, 7) is 0.787. The normalized spacial score (nSPS) is 25.4. The minimum absolute atomic E-state index is 0.0816. The summed E-state index contributed by atoms with van der Waals surface area (Å²) in [5, 5.41) is 20.9. The average Bonchev–Trinajstić information content (AvgIpc) is 2.62. The molecular weight excluding hydrogens is 248 g/mol. The minimum Gasteiger partial charge on any atom is -0.481 e. The van der Waals surface area contributed by atoms with Crippen molar-refractivity contribution >= 4 is 16.0 Å². The number of nitrogens with one attached hydrogen (secondary N) is 1. The molecule has 1 aliphatic rings. The molecule has 0 unspecified atom stereocenters. The number of rotatable bonds is 6. The van der Waals surface area contributed by atoms with Crippen molar-refractivity contribution in [1.29, 1.82) is 0 Å². The number of hydrogen-bond acceptors (Lipinski definition) is 5. The van der Waals surface area contributed by atoms with Crippen LogP contribution in [0.3, 0.4) is 0 Å². The first kappa shape index (κ1) is 14.4. The monoisotopic (exact) mass is 266 g/mol.